The van der Waals surface area contributed by atoms with Crippen LogP contribution in [0.5, 0.6) is 0 Å². The van der Waals surface area contributed by atoms with E-state index < -0.39 is 11.9 Å². The Bertz CT molecular complexity index is 1120. The van der Waals surface area contributed by atoms with Crippen LogP contribution < -0.4 is 5.32 Å². The largest absolute Gasteiger partial charge is 0.502 e. The van der Waals surface area contributed by atoms with Gasteiger partial charge in [-0.2, -0.15) is 14.3 Å². The van der Waals surface area contributed by atoms with Gasteiger partial charge in [-0.05, 0) is 36.2 Å². The van der Waals surface area contributed by atoms with E-state index in [1.807, 2.05) is 31.2 Å². The van der Waals surface area contributed by atoms with Crippen LogP contribution in [0, 0.1) is 12.8 Å². The number of anilines is 1. The average molecular weight is 431 g/mol. The fraction of sp³-hybridized carbons (Fsp3) is 0.190. The van der Waals surface area contributed by atoms with Crippen LogP contribution in [0.3, 0.4) is 0 Å². The van der Waals surface area contributed by atoms with Crippen LogP contribution in [0.15, 0.2) is 48.3 Å². The third-order valence-corrected chi connectivity index (χ3v) is 5.83. The van der Waals surface area contributed by atoms with Crippen LogP contribution in [-0.4, -0.2) is 41.4 Å². The van der Waals surface area contributed by atoms with E-state index in [4.69, 9.17) is 27.9 Å². The molecule has 2 aliphatic heterocycles. The lowest BCUT2D eigenvalue weighted by Gasteiger charge is -2.20. The van der Waals surface area contributed by atoms with Gasteiger partial charge in [0.2, 0.25) is 5.88 Å². The second-order valence-electron chi connectivity index (χ2n) is 6.92. The quantitative estimate of drug-likeness (QED) is 0.734. The Morgan fingerprint density at radius 2 is 1.83 bits per heavy atom. The molecule has 1 N–H and O–H groups in total. The van der Waals surface area contributed by atoms with Gasteiger partial charge in [0, 0.05) is 11.3 Å². The van der Waals surface area contributed by atoms with Crippen molar-refractivity contribution in [3.05, 3.63) is 69.5 Å². The molecule has 4 rings (SSSR count). The lowest BCUT2D eigenvalue weighted by Crippen LogP contribution is -2.51. The molecule has 0 fully saturated rings. The fourth-order valence-corrected chi connectivity index (χ4v) is 3.76. The number of amides is 3. The van der Waals surface area contributed by atoms with Crippen molar-refractivity contribution in [2.75, 3.05) is 19.4 Å². The minimum absolute atomic E-state index is 0.259. The normalized spacial score (nSPS) is 18.9. The van der Waals surface area contributed by atoms with E-state index in [9.17, 15) is 9.59 Å². The first-order chi connectivity index (χ1) is 13.8. The highest BCUT2D eigenvalue weighted by Crippen LogP contribution is 2.40. The molecule has 0 spiro atoms. The van der Waals surface area contributed by atoms with Gasteiger partial charge in [0.15, 0.2) is 5.92 Å². The van der Waals surface area contributed by atoms with Crippen LogP contribution in [0.1, 0.15) is 11.1 Å². The Kier molecular flexibility index (Phi) is 4.84. The van der Waals surface area contributed by atoms with Gasteiger partial charge in [-0.1, -0.05) is 47.5 Å². The van der Waals surface area contributed by atoms with Crippen molar-refractivity contribution in [1.82, 2.24) is 4.90 Å². The van der Waals surface area contributed by atoms with Crippen molar-refractivity contribution >= 4 is 52.3 Å². The van der Waals surface area contributed by atoms with Gasteiger partial charge in [0.1, 0.15) is 0 Å². The SMILES string of the molecule is Cc1ccccc1NC1=C(c2ccc(Cl)c(Cl)c2)C2C(=O)N(C)C(=O)[N+](C)=C2O1. The number of rotatable bonds is 3. The Balaban J connectivity index is 1.91. The highest BCUT2D eigenvalue weighted by molar-refractivity contribution is 6.42. The maximum atomic E-state index is 13.0. The standard InChI is InChI=1S/C21H18Cl2N3O3/c1-11-6-4-5-7-15(11)24-18-16(12-8-9-13(22)14(23)10-12)17-19(27)25(2)21(28)26(3)20(17)29-18/h4-10,17,24H,1-3H3/q+1. The highest BCUT2D eigenvalue weighted by atomic mass is 35.5. The van der Waals surface area contributed by atoms with E-state index in [1.54, 1.807) is 25.2 Å². The number of urea groups is 1. The third-order valence-electron chi connectivity index (χ3n) is 5.09. The monoisotopic (exact) mass is 430 g/mol. The Hall–Kier alpha value is -2.83. The molecule has 0 saturated heterocycles. The second-order valence-corrected chi connectivity index (χ2v) is 7.74. The molecule has 2 heterocycles. The van der Waals surface area contributed by atoms with E-state index in [1.165, 1.54) is 11.6 Å². The Morgan fingerprint density at radius 3 is 2.52 bits per heavy atom. The van der Waals surface area contributed by atoms with E-state index >= 15 is 0 Å². The number of nitrogens with one attached hydrogen (secondary N) is 1. The van der Waals surface area contributed by atoms with E-state index in [0.717, 1.165) is 16.2 Å². The molecule has 2 aliphatic rings. The number of benzene rings is 2. The van der Waals surface area contributed by atoms with Crippen LogP contribution in [0.25, 0.3) is 5.57 Å². The zero-order valence-corrected chi connectivity index (χ0v) is 17.5. The number of ether oxygens (including phenoxy) is 1. The molecule has 3 amide bonds. The molecule has 148 valence electrons. The average Bonchev–Trinajstić information content (AvgIpc) is 3.08. The smallest absolute Gasteiger partial charge is 0.408 e. The highest BCUT2D eigenvalue weighted by Gasteiger charge is 2.53. The minimum Gasteiger partial charge on any atom is -0.408 e. The zero-order valence-electron chi connectivity index (χ0n) is 16.0. The van der Waals surface area contributed by atoms with Gasteiger partial charge < -0.3 is 10.1 Å². The number of carbonyl (C=O) groups is 2. The van der Waals surface area contributed by atoms with Crippen molar-refractivity contribution in [1.29, 1.82) is 0 Å². The summed E-state index contributed by atoms with van der Waals surface area (Å²) < 4.78 is 7.37. The first kappa shape index (κ1) is 19.5. The van der Waals surface area contributed by atoms with Gasteiger partial charge in [0.25, 0.3) is 5.90 Å². The number of hydrogen-bond acceptors (Lipinski definition) is 4. The summed E-state index contributed by atoms with van der Waals surface area (Å²) in [4.78, 5) is 26.5. The molecule has 8 heteroatoms. The van der Waals surface area contributed by atoms with Crippen molar-refractivity contribution in [3.8, 4) is 0 Å². The summed E-state index contributed by atoms with van der Waals surface area (Å²) in [5.74, 6) is -0.506. The van der Waals surface area contributed by atoms with Crippen molar-refractivity contribution in [2.45, 2.75) is 6.92 Å². The summed E-state index contributed by atoms with van der Waals surface area (Å²) in [6.45, 7) is 1.96. The molecular weight excluding hydrogens is 413 g/mol. The van der Waals surface area contributed by atoms with E-state index in [2.05, 4.69) is 5.32 Å². The van der Waals surface area contributed by atoms with Crippen molar-refractivity contribution in [2.24, 2.45) is 5.92 Å². The van der Waals surface area contributed by atoms with Gasteiger partial charge in [-0.3, -0.25) is 0 Å². The predicted octanol–water partition coefficient (Wildman–Crippen LogP) is 4.36. The maximum Gasteiger partial charge on any atom is 0.502 e. The molecule has 0 aromatic heterocycles. The topological polar surface area (TPSA) is 61.7 Å². The molecule has 1 unspecified atom stereocenters. The number of para-hydroxylation sites is 1. The number of imide groups is 1. The molecular formula is C21H18Cl2N3O3+. The number of hydrogen-bond donors (Lipinski definition) is 1. The molecule has 1 atom stereocenters. The van der Waals surface area contributed by atoms with Crippen LogP contribution in [-0.2, 0) is 9.53 Å². The number of nitrogens with zero attached hydrogens (tertiary/aromatic N) is 2. The summed E-state index contributed by atoms with van der Waals surface area (Å²) in [5.41, 5.74) is 3.11. The number of aryl methyl sites for hydroxylation is 1. The van der Waals surface area contributed by atoms with Crippen LogP contribution in [0.4, 0.5) is 10.5 Å². The number of fused-ring (bicyclic) bond motifs is 1. The fourth-order valence-electron chi connectivity index (χ4n) is 3.46. The van der Waals surface area contributed by atoms with Gasteiger partial charge in [-0.25, -0.2) is 4.79 Å². The first-order valence-corrected chi connectivity index (χ1v) is 9.67. The lowest BCUT2D eigenvalue weighted by molar-refractivity contribution is -0.415. The zero-order chi connectivity index (χ0) is 20.9. The Morgan fingerprint density at radius 1 is 1.10 bits per heavy atom. The second kappa shape index (κ2) is 7.21. The van der Waals surface area contributed by atoms with E-state index in [-0.39, 0.29) is 11.8 Å². The molecule has 2 aromatic carbocycles. The van der Waals surface area contributed by atoms with Crippen molar-refractivity contribution in [3.63, 3.8) is 0 Å². The summed E-state index contributed by atoms with van der Waals surface area (Å²) in [6, 6.07) is 12.4. The van der Waals surface area contributed by atoms with Crippen LogP contribution in [0.2, 0.25) is 10.0 Å². The first-order valence-electron chi connectivity index (χ1n) is 8.91. The third kappa shape index (κ3) is 3.18. The van der Waals surface area contributed by atoms with Gasteiger partial charge in [-0.15, -0.1) is 0 Å². The molecule has 0 radical (unpaired) electrons. The van der Waals surface area contributed by atoms with Gasteiger partial charge >= 0.3 is 11.9 Å². The van der Waals surface area contributed by atoms with Gasteiger partial charge in [0.05, 0.1) is 24.1 Å². The summed E-state index contributed by atoms with van der Waals surface area (Å²) in [7, 11) is 3.04. The summed E-state index contributed by atoms with van der Waals surface area (Å²) in [5, 5.41) is 4.04. The molecule has 6 nitrogen and oxygen atoms in total. The maximum absolute atomic E-state index is 13.0. The lowest BCUT2D eigenvalue weighted by atomic mass is 9.91. The van der Waals surface area contributed by atoms with Crippen molar-refractivity contribution < 1.29 is 18.9 Å². The molecule has 0 saturated carbocycles. The minimum atomic E-state index is -0.772. The van der Waals surface area contributed by atoms with Crippen LogP contribution >= 0.6 is 23.2 Å². The van der Waals surface area contributed by atoms with E-state index in [0.29, 0.717) is 27.1 Å². The summed E-state index contributed by atoms with van der Waals surface area (Å²) in [6.07, 6.45) is 0. The molecule has 29 heavy (non-hydrogen) atoms. The predicted molar refractivity (Wildman–Crippen MR) is 112 cm³/mol. The molecule has 0 aliphatic carbocycles. The molecule has 2 aromatic rings. The molecule has 0 bridgehead atoms. The Labute approximate surface area is 178 Å². The number of halogens is 2. The number of carbonyl (C=O) groups excluding carboxylic acids is 2. The summed E-state index contributed by atoms with van der Waals surface area (Å²) >= 11 is 12.3.